The van der Waals surface area contributed by atoms with E-state index in [2.05, 4.69) is 10.0 Å². The van der Waals surface area contributed by atoms with E-state index in [4.69, 9.17) is 4.74 Å². The molecule has 7 nitrogen and oxygen atoms in total. The summed E-state index contributed by atoms with van der Waals surface area (Å²) in [4.78, 5) is 25.2. The Labute approximate surface area is 185 Å². The maximum Gasteiger partial charge on any atom is 0.338 e. The molecule has 2 N–H and O–H groups in total. The van der Waals surface area contributed by atoms with E-state index in [-0.39, 0.29) is 17.0 Å². The Morgan fingerprint density at radius 1 is 0.968 bits per heavy atom. The van der Waals surface area contributed by atoms with Crippen molar-refractivity contribution in [2.45, 2.75) is 17.9 Å². The predicted molar refractivity (Wildman–Crippen MR) is 118 cm³/mol. The number of carbonyl (C=O) groups is 2. The van der Waals surface area contributed by atoms with Gasteiger partial charge < -0.3 is 10.1 Å². The van der Waals surface area contributed by atoms with Crippen LogP contribution in [0.3, 0.4) is 0 Å². The SMILES string of the molecule is O=C(COC(=O)c1cccc(S(=O)(=O)NCc2ccccc2)c1)NCCc1cccs1. The Balaban J connectivity index is 1.51. The molecule has 0 saturated heterocycles. The summed E-state index contributed by atoms with van der Waals surface area (Å²) in [7, 11) is -3.82. The summed E-state index contributed by atoms with van der Waals surface area (Å²) >= 11 is 1.60. The quantitative estimate of drug-likeness (QED) is 0.455. The van der Waals surface area contributed by atoms with E-state index in [1.54, 1.807) is 11.3 Å². The first-order valence-electron chi connectivity index (χ1n) is 9.54. The molecule has 3 rings (SSSR count). The van der Waals surface area contributed by atoms with E-state index in [9.17, 15) is 18.0 Å². The average molecular weight is 459 g/mol. The Hall–Kier alpha value is -3.01. The molecule has 0 aliphatic rings. The molecule has 0 bridgehead atoms. The van der Waals surface area contributed by atoms with Crippen molar-refractivity contribution in [3.8, 4) is 0 Å². The van der Waals surface area contributed by atoms with Crippen molar-refractivity contribution in [3.63, 3.8) is 0 Å². The number of carbonyl (C=O) groups excluding carboxylic acids is 2. The molecule has 0 saturated carbocycles. The number of hydrogen-bond donors (Lipinski definition) is 2. The molecule has 0 unspecified atom stereocenters. The lowest BCUT2D eigenvalue weighted by molar-refractivity contribution is -0.124. The maximum atomic E-state index is 12.5. The summed E-state index contributed by atoms with van der Waals surface area (Å²) in [5, 5.41) is 4.64. The molecule has 0 aliphatic carbocycles. The predicted octanol–water partition coefficient (Wildman–Crippen LogP) is 2.74. The molecule has 1 aromatic heterocycles. The highest BCUT2D eigenvalue weighted by molar-refractivity contribution is 7.89. The summed E-state index contributed by atoms with van der Waals surface area (Å²) in [5.74, 6) is -1.19. The van der Waals surface area contributed by atoms with Gasteiger partial charge in [0, 0.05) is 18.0 Å². The second-order valence-electron chi connectivity index (χ2n) is 6.59. The van der Waals surface area contributed by atoms with Gasteiger partial charge in [0.05, 0.1) is 10.5 Å². The van der Waals surface area contributed by atoms with Crippen LogP contribution in [0, 0.1) is 0 Å². The fourth-order valence-corrected chi connectivity index (χ4v) is 4.47. The van der Waals surface area contributed by atoms with E-state index in [1.807, 2.05) is 47.8 Å². The molecule has 1 amide bonds. The zero-order valence-corrected chi connectivity index (χ0v) is 18.2. The maximum absolute atomic E-state index is 12.5. The summed E-state index contributed by atoms with van der Waals surface area (Å²) in [6.07, 6.45) is 0.702. The van der Waals surface area contributed by atoms with Crippen LogP contribution < -0.4 is 10.0 Å². The number of amides is 1. The summed E-state index contributed by atoms with van der Waals surface area (Å²) in [5.41, 5.74) is 0.862. The molecule has 0 fully saturated rings. The van der Waals surface area contributed by atoms with Crippen LogP contribution in [-0.2, 0) is 32.5 Å². The van der Waals surface area contributed by atoms with Crippen LogP contribution in [-0.4, -0.2) is 33.4 Å². The van der Waals surface area contributed by atoms with Gasteiger partial charge in [0.25, 0.3) is 5.91 Å². The van der Waals surface area contributed by atoms with Crippen molar-refractivity contribution in [2.75, 3.05) is 13.2 Å². The van der Waals surface area contributed by atoms with Gasteiger partial charge in [-0.15, -0.1) is 11.3 Å². The van der Waals surface area contributed by atoms with Crippen LogP contribution >= 0.6 is 11.3 Å². The zero-order chi connectivity index (χ0) is 22.1. The highest BCUT2D eigenvalue weighted by atomic mass is 32.2. The van der Waals surface area contributed by atoms with Crippen LogP contribution in [0.25, 0.3) is 0 Å². The molecule has 0 aliphatic heterocycles. The third kappa shape index (κ3) is 7.02. The average Bonchev–Trinajstić information content (AvgIpc) is 3.30. The number of esters is 1. The van der Waals surface area contributed by atoms with E-state index in [1.165, 1.54) is 24.3 Å². The third-order valence-electron chi connectivity index (χ3n) is 4.30. The van der Waals surface area contributed by atoms with Gasteiger partial charge >= 0.3 is 5.97 Å². The van der Waals surface area contributed by atoms with E-state index < -0.39 is 28.5 Å². The van der Waals surface area contributed by atoms with Crippen molar-refractivity contribution in [1.29, 1.82) is 0 Å². The van der Waals surface area contributed by atoms with E-state index in [0.717, 1.165) is 10.4 Å². The molecule has 3 aromatic rings. The Bertz CT molecular complexity index is 1110. The van der Waals surface area contributed by atoms with Crippen molar-refractivity contribution in [1.82, 2.24) is 10.0 Å². The molecule has 0 spiro atoms. The van der Waals surface area contributed by atoms with Crippen LogP contribution in [0.15, 0.2) is 77.0 Å². The molecule has 2 aromatic carbocycles. The largest absolute Gasteiger partial charge is 0.452 e. The van der Waals surface area contributed by atoms with E-state index >= 15 is 0 Å². The molecule has 9 heteroatoms. The highest BCUT2D eigenvalue weighted by Gasteiger charge is 2.17. The van der Waals surface area contributed by atoms with Crippen LogP contribution in [0.1, 0.15) is 20.8 Å². The fraction of sp³-hybridized carbons (Fsp3) is 0.182. The number of nitrogens with one attached hydrogen (secondary N) is 2. The molecule has 1 heterocycles. The zero-order valence-electron chi connectivity index (χ0n) is 16.6. The smallest absolute Gasteiger partial charge is 0.338 e. The Kier molecular flexibility index (Phi) is 7.94. The number of rotatable bonds is 10. The Morgan fingerprint density at radius 2 is 1.77 bits per heavy atom. The van der Waals surface area contributed by atoms with Gasteiger partial charge in [0.15, 0.2) is 6.61 Å². The third-order valence-corrected chi connectivity index (χ3v) is 6.63. The van der Waals surface area contributed by atoms with Gasteiger partial charge in [-0.2, -0.15) is 0 Å². The van der Waals surface area contributed by atoms with Gasteiger partial charge in [-0.3, -0.25) is 4.79 Å². The normalized spacial score (nSPS) is 11.1. The topological polar surface area (TPSA) is 102 Å². The minimum Gasteiger partial charge on any atom is -0.452 e. The second kappa shape index (κ2) is 10.9. The molecule has 0 atom stereocenters. The molecule has 31 heavy (non-hydrogen) atoms. The lowest BCUT2D eigenvalue weighted by Gasteiger charge is -2.09. The second-order valence-corrected chi connectivity index (χ2v) is 9.39. The first-order valence-corrected chi connectivity index (χ1v) is 11.9. The van der Waals surface area contributed by atoms with Crippen LogP contribution in [0.4, 0.5) is 0 Å². The van der Waals surface area contributed by atoms with Crippen LogP contribution in [0.5, 0.6) is 0 Å². The summed E-state index contributed by atoms with van der Waals surface area (Å²) in [6.45, 7) is 0.133. The van der Waals surface area contributed by atoms with Crippen molar-refractivity contribution in [2.24, 2.45) is 0 Å². The minimum absolute atomic E-state index is 0.0500. The fourth-order valence-electron chi connectivity index (χ4n) is 2.69. The minimum atomic E-state index is -3.82. The van der Waals surface area contributed by atoms with Gasteiger partial charge in [0.1, 0.15) is 0 Å². The first-order chi connectivity index (χ1) is 14.9. The molecular formula is C22H22N2O5S2. The lowest BCUT2D eigenvalue weighted by Crippen LogP contribution is -2.30. The van der Waals surface area contributed by atoms with Gasteiger partial charge in [-0.05, 0) is 41.6 Å². The number of thiophene rings is 1. The van der Waals surface area contributed by atoms with E-state index in [0.29, 0.717) is 13.0 Å². The first kappa shape index (κ1) is 22.7. The number of sulfonamides is 1. The number of ether oxygens (including phenoxy) is 1. The Morgan fingerprint density at radius 3 is 2.52 bits per heavy atom. The van der Waals surface area contributed by atoms with Gasteiger partial charge in [-0.25, -0.2) is 17.9 Å². The molecular weight excluding hydrogens is 436 g/mol. The standard InChI is InChI=1S/C22H22N2O5S2/c25-21(23-12-11-19-9-5-13-30-19)16-29-22(26)18-8-4-10-20(14-18)31(27,28)24-15-17-6-2-1-3-7-17/h1-10,13-14,24H,11-12,15-16H2,(H,23,25). The molecule has 0 radical (unpaired) electrons. The molecule has 162 valence electrons. The van der Waals surface area contributed by atoms with Crippen LogP contribution in [0.2, 0.25) is 0 Å². The van der Waals surface area contributed by atoms with Gasteiger partial charge in [-0.1, -0.05) is 42.5 Å². The highest BCUT2D eigenvalue weighted by Crippen LogP contribution is 2.13. The monoisotopic (exact) mass is 458 g/mol. The van der Waals surface area contributed by atoms with Crippen molar-refractivity contribution in [3.05, 3.63) is 88.1 Å². The summed E-state index contributed by atoms with van der Waals surface area (Å²) in [6, 6.07) is 18.5. The van der Waals surface area contributed by atoms with Crippen molar-refractivity contribution < 1.29 is 22.7 Å². The summed E-state index contributed by atoms with van der Waals surface area (Å²) < 4.78 is 32.6. The number of benzene rings is 2. The lowest BCUT2D eigenvalue weighted by atomic mass is 10.2. The number of hydrogen-bond acceptors (Lipinski definition) is 6. The van der Waals surface area contributed by atoms with Gasteiger partial charge in [0.2, 0.25) is 10.0 Å². The van der Waals surface area contributed by atoms with Crippen molar-refractivity contribution >= 4 is 33.2 Å².